The molecule has 1 aromatic rings. The van der Waals surface area contributed by atoms with Gasteiger partial charge in [-0.15, -0.1) is 11.3 Å². The number of hydrogen-bond acceptors (Lipinski definition) is 4. The van der Waals surface area contributed by atoms with Gasteiger partial charge in [0.15, 0.2) is 5.13 Å². The molecule has 3 nitrogen and oxygen atoms in total. The van der Waals surface area contributed by atoms with Crippen LogP contribution in [0.1, 0.15) is 50.3 Å². The summed E-state index contributed by atoms with van der Waals surface area (Å²) in [4.78, 5) is 7.89. The molecular formula is C14H25N3S. The van der Waals surface area contributed by atoms with Gasteiger partial charge in [0.2, 0.25) is 0 Å². The number of nitrogens with two attached hydrogens (primary N) is 1. The van der Waals surface area contributed by atoms with Crippen molar-refractivity contribution in [1.29, 1.82) is 0 Å². The first-order valence-corrected chi connectivity index (χ1v) is 7.91. The lowest BCUT2D eigenvalue weighted by Crippen LogP contribution is -2.34. The molecule has 0 aliphatic heterocycles. The average molecular weight is 267 g/mol. The Kier molecular flexibility index (Phi) is 5.01. The first-order chi connectivity index (χ1) is 8.69. The highest BCUT2D eigenvalue weighted by atomic mass is 32.1. The number of anilines is 1. The number of thiazole rings is 1. The minimum atomic E-state index is 0.685. The molecule has 0 saturated heterocycles. The zero-order valence-corrected chi connectivity index (χ0v) is 12.4. The topological polar surface area (TPSA) is 42.2 Å². The van der Waals surface area contributed by atoms with Crippen LogP contribution in [0.25, 0.3) is 0 Å². The standard InChI is InChI=1S/C14H25N3S/c1-3-4-11-5-7-12(8-6-11)17(2)10-13-9-16-14(15)18-13/h9,11-12H,3-8,10H2,1-2H3,(H2,15,16). The van der Waals surface area contributed by atoms with Crippen molar-refractivity contribution in [2.75, 3.05) is 12.8 Å². The Bertz CT molecular complexity index is 356. The van der Waals surface area contributed by atoms with Crippen LogP contribution in [-0.4, -0.2) is 23.0 Å². The Morgan fingerprint density at radius 2 is 2.11 bits per heavy atom. The summed E-state index contributed by atoms with van der Waals surface area (Å²) in [6, 6.07) is 0.751. The maximum absolute atomic E-state index is 5.67. The van der Waals surface area contributed by atoms with Crippen molar-refractivity contribution >= 4 is 16.5 Å². The number of aromatic nitrogens is 1. The second-order valence-corrected chi connectivity index (χ2v) is 6.69. The smallest absolute Gasteiger partial charge is 0.180 e. The first kappa shape index (κ1) is 13.8. The highest BCUT2D eigenvalue weighted by Gasteiger charge is 2.23. The zero-order chi connectivity index (χ0) is 13.0. The van der Waals surface area contributed by atoms with Crippen LogP contribution in [0.4, 0.5) is 5.13 Å². The van der Waals surface area contributed by atoms with Crippen LogP contribution in [0, 0.1) is 5.92 Å². The van der Waals surface area contributed by atoms with E-state index in [2.05, 4.69) is 23.9 Å². The zero-order valence-electron chi connectivity index (χ0n) is 11.6. The van der Waals surface area contributed by atoms with Gasteiger partial charge in [0.05, 0.1) is 0 Å². The summed E-state index contributed by atoms with van der Waals surface area (Å²) in [7, 11) is 2.24. The molecule has 1 aromatic heterocycles. The average Bonchev–Trinajstić information content (AvgIpc) is 2.76. The van der Waals surface area contributed by atoms with Crippen molar-refractivity contribution in [3.8, 4) is 0 Å². The number of hydrogen-bond donors (Lipinski definition) is 1. The molecule has 0 amide bonds. The normalized spacial score (nSPS) is 24.6. The molecule has 102 valence electrons. The number of nitrogen functional groups attached to an aromatic ring is 1. The van der Waals surface area contributed by atoms with Gasteiger partial charge in [0.25, 0.3) is 0 Å². The summed E-state index contributed by atoms with van der Waals surface area (Å²) in [5.74, 6) is 0.985. The molecular weight excluding hydrogens is 242 g/mol. The van der Waals surface area contributed by atoms with Crippen LogP contribution in [-0.2, 0) is 6.54 Å². The van der Waals surface area contributed by atoms with Crippen LogP contribution in [0.15, 0.2) is 6.20 Å². The van der Waals surface area contributed by atoms with E-state index in [1.165, 1.54) is 43.4 Å². The monoisotopic (exact) mass is 267 g/mol. The van der Waals surface area contributed by atoms with E-state index in [1.807, 2.05) is 6.20 Å². The third-order valence-corrected chi connectivity index (χ3v) is 4.92. The van der Waals surface area contributed by atoms with Gasteiger partial charge in [-0.25, -0.2) is 4.98 Å². The van der Waals surface area contributed by atoms with Gasteiger partial charge in [-0.2, -0.15) is 0 Å². The van der Waals surface area contributed by atoms with E-state index >= 15 is 0 Å². The minimum Gasteiger partial charge on any atom is -0.375 e. The number of rotatable bonds is 5. The molecule has 1 aliphatic rings. The Morgan fingerprint density at radius 1 is 1.39 bits per heavy atom. The molecule has 0 aromatic carbocycles. The van der Waals surface area contributed by atoms with Crippen LogP contribution in [0.5, 0.6) is 0 Å². The summed E-state index contributed by atoms with van der Waals surface area (Å²) < 4.78 is 0. The lowest BCUT2D eigenvalue weighted by atomic mass is 9.83. The number of nitrogens with zero attached hydrogens (tertiary/aromatic N) is 2. The second-order valence-electron chi connectivity index (χ2n) is 5.54. The quantitative estimate of drug-likeness (QED) is 0.887. The van der Waals surface area contributed by atoms with E-state index < -0.39 is 0 Å². The van der Waals surface area contributed by atoms with Crippen LogP contribution in [0.3, 0.4) is 0 Å². The van der Waals surface area contributed by atoms with Gasteiger partial charge in [0.1, 0.15) is 0 Å². The third-order valence-electron chi connectivity index (χ3n) is 4.11. The lowest BCUT2D eigenvalue weighted by Gasteiger charge is -2.34. The molecule has 1 heterocycles. The maximum atomic E-state index is 5.67. The fourth-order valence-electron chi connectivity index (χ4n) is 3.05. The summed E-state index contributed by atoms with van der Waals surface area (Å²) in [5, 5.41) is 0.685. The van der Waals surface area contributed by atoms with E-state index in [0.29, 0.717) is 5.13 Å². The van der Waals surface area contributed by atoms with Crippen molar-refractivity contribution in [2.24, 2.45) is 5.92 Å². The lowest BCUT2D eigenvalue weighted by molar-refractivity contribution is 0.156. The largest absolute Gasteiger partial charge is 0.375 e. The van der Waals surface area contributed by atoms with Crippen molar-refractivity contribution in [2.45, 2.75) is 58.0 Å². The molecule has 0 bridgehead atoms. The van der Waals surface area contributed by atoms with Crippen LogP contribution in [0.2, 0.25) is 0 Å². The van der Waals surface area contributed by atoms with Crippen molar-refractivity contribution in [3.05, 3.63) is 11.1 Å². The van der Waals surface area contributed by atoms with Gasteiger partial charge >= 0.3 is 0 Å². The van der Waals surface area contributed by atoms with E-state index in [4.69, 9.17) is 5.73 Å². The molecule has 2 N–H and O–H groups in total. The molecule has 0 radical (unpaired) electrons. The fraction of sp³-hybridized carbons (Fsp3) is 0.786. The molecule has 0 unspecified atom stereocenters. The van der Waals surface area contributed by atoms with E-state index in [9.17, 15) is 0 Å². The highest BCUT2D eigenvalue weighted by molar-refractivity contribution is 7.15. The Hall–Kier alpha value is -0.610. The van der Waals surface area contributed by atoms with Crippen molar-refractivity contribution in [1.82, 2.24) is 9.88 Å². The molecule has 0 atom stereocenters. The second kappa shape index (κ2) is 6.53. The fourth-order valence-corrected chi connectivity index (χ4v) is 3.80. The SMILES string of the molecule is CCCC1CCC(N(C)Cc2cnc(N)s2)CC1. The molecule has 1 saturated carbocycles. The molecule has 1 fully saturated rings. The Labute approximate surface area is 114 Å². The molecule has 4 heteroatoms. The van der Waals surface area contributed by atoms with Crippen molar-refractivity contribution < 1.29 is 0 Å². The van der Waals surface area contributed by atoms with E-state index in [-0.39, 0.29) is 0 Å². The first-order valence-electron chi connectivity index (χ1n) is 7.09. The van der Waals surface area contributed by atoms with E-state index in [0.717, 1.165) is 18.5 Å². The predicted octanol–water partition coefficient (Wildman–Crippen LogP) is 3.52. The predicted molar refractivity (Wildman–Crippen MR) is 78.6 cm³/mol. The van der Waals surface area contributed by atoms with Crippen molar-refractivity contribution in [3.63, 3.8) is 0 Å². The van der Waals surface area contributed by atoms with Gasteiger partial charge in [-0.05, 0) is 38.6 Å². The Balaban J connectivity index is 1.78. The highest BCUT2D eigenvalue weighted by Crippen LogP contribution is 2.30. The minimum absolute atomic E-state index is 0.685. The van der Waals surface area contributed by atoms with Gasteiger partial charge in [-0.1, -0.05) is 19.8 Å². The van der Waals surface area contributed by atoms with Gasteiger partial charge < -0.3 is 5.73 Å². The van der Waals surface area contributed by atoms with E-state index in [1.54, 1.807) is 11.3 Å². The molecule has 18 heavy (non-hydrogen) atoms. The summed E-state index contributed by atoms with van der Waals surface area (Å²) in [6.07, 6.45) is 10.2. The van der Waals surface area contributed by atoms with Gasteiger partial charge in [0, 0.05) is 23.7 Å². The van der Waals surface area contributed by atoms with Gasteiger partial charge in [-0.3, -0.25) is 4.90 Å². The maximum Gasteiger partial charge on any atom is 0.180 e. The molecule has 2 rings (SSSR count). The third kappa shape index (κ3) is 3.69. The molecule has 1 aliphatic carbocycles. The molecule has 0 spiro atoms. The summed E-state index contributed by atoms with van der Waals surface area (Å²) in [6.45, 7) is 3.30. The summed E-state index contributed by atoms with van der Waals surface area (Å²) in [5.41, 5.74) is 5.67. The van der Waals surface area contributed by atoms with Crippen LogP contribution < -0.4 is 5.73 Å². The van der Waals surface area contributed by atoms with Crippen LogP contribution >= 0.6 is 11.3 Å². The Morgan fingerprint density at radius 3 is 2.67 bits per heavy atom. The summed E-state index contributed by atoms with van der Waals surface area (Å²) >= 11 is 1.61.